The van der Waals surface area contributed by atoms with Gasteiger partial charge in [0.25, 0.3) is 0 Å². The Balaban J connectivity index is 1.76. The normalized spacial score (nSPS) is 23.3. The second-order valence-corrected chi connectivity index (χ2v) is 6.63. The minimum Gasteiger partial charge on any atom is -0.327 e. The van der Waals surface area contributed by atoms with E-state index in [0.29, 0.717) is 6.04 Å². The summed E-state index contributed by atoms with van der Waals surface area (Å²) in [7, 11) is 1.92. The molecule has 2 N–H and O–H groups in total. The quantitative estimate of drug-likeness (QED) is 0.901. The van der Waals surface area contributed by atoms with Crippen molar-refractivity contribution in [2.24, 2.45) is 18.2 Å². The number of nitrogens with two attached hydrogens (primary N) is 1. The van der Waals surface area contributed by atoms with Crippen LogP contribution in [0.1, 0.15) is 25.8 Å². The highest BCUT2D eigenvalue weighted by atomic mass is 15.4. The van der Waals surface area contributed by atoms with Gasteiger partial charge >= 0.3 is 0 Å². The van der Waals surface area contributed by atoms with Crippen LogP contribution in [0.15, 0.2) is 18.2 Å². The molecule has 0 aliphatic carbocycles. The maximum Gasteiger partial charge on any atom is 0.113 e. The average Bonchev–Trinajstić information content (AvgIpc) is 2.75. The Morgan fingerprint density at radius 2 is 2.20 bits per heavy atom. The molecule has 2 aromatic rings. The van der Waals surface area contributed by atoms with E-state index in [4.69, 9.17) is 5.73 Å². The monoisotopic (exact) mass is 273 g/mol. The van der Waals surface area contributed by atoms with Gasteiger partial charge in [-0.2, -0.15) is 0 Å². The van der Waals surface area contributed by atoms with Crippen LogP contribution in [0.2, 0.25) is 0 Å². The summed E-state index contributed by atoms with van der Waals surface area (Å²) in [5.41, 5.74) is 9.73. The SMILES string of the molecule is Cn1nnc2cc(CN3CCC(N)C(C)(C)C3)ccc21. The van der Waals surface area contributed by atoms with Crippen LogP contribution in [0.4, 0.5) is 0 Å². The molecule has 20 heavy (non-hydrogen) atoms. The number of aryl methyl sites for hydroxylation is 1. The number of hydrogen-bond acceptors (Lipinski definition) is 4. The molecule has 0 saturated carbocycles. The van der Waals surface area contributed by atoms with Gasteiger partial charge in [-0.3, -0.25) is 4.90 Å². The van der Waals surface area contributed by atoms with E-state index in [1.165, 1.54) is 5.56 Å². The Hall–Kier alpha value is -1.46. The fourth-order valence-electron chi connectivity index (χ4n) is 3.06. The molecule has 1 aromatic heterocycles. The number of likely N-dealkylation sites (tertiary alicyclic amines) is 1. The van der Waals surface area contributed by atoms with Crippen LogP contribution in [0.25, 0.3) is 11.0 Å². The first-order chi connectivity index (χ1) is 9.45. The predicted octanol–water partition coefficient (Wildman–Crippen LogP) is 1.53. The molecule has 0 spiro atoms. The van der Waals surface area contributed by atoms with Gasteiger partial charge in [-0.05, 0) is 29.5 Å². The smallest absolute Gasteiger partial charge is 0.113 e. The lowest BCUT2D eigenvalue weighted by Crippen LogP contribution is -2.52. The van der Waals surface area contributed by atoms with Crippen molar-refractivity contribution >= 4 is 11.0 Å². The lowest BCUT2D eigenvalue weighted by atomic mass is 9.79. The molecule has 1 aliphatic rings. The van der Waals surface area contributed by atoms with Gasteiger partial charge in [0, 0.05) is 32.7 Å². The number of benzene rings is 1. The van der Waals surface area contributed by atoms with Crippen molar-refractivity contribution in [1.29, 1.82) is 0 Å². The molecule has 2 heterocycles. The van der Waals surface area contributed by atoms with Gasteiger partial charge in [0.2, 0.25) is 0 Å². The summed E-state index contributed by atoms with van der Waals surface area (Å²) in [6.07, 6.45) is 1.07. The third-order valence-corrected chi connectivity index (χ3v) is 4.47. The Labute approximate surface area is 119 Å². The largest absolute Gasteiger partial charge is 0.327 e. The standard InChI is InChI=1S/C15H23N5/c1-15(2)10-20(7-6-14(15)16)9-11-4-5-13-12(8-11)17-18-19(13)3/h4-5,8,14H,6-7,9-10,16H2,1-3H3. The minimum atomic E-state index is 0.189. The molecule has 1 aromatic carbocycles. The molecule has 0 radical (unpaired) electrons. The number of fused-ring (bicyclic) bond motifs is 1. The fourth-order valence-corrected chi connectivity index (χ4v) is 3.06. The Bertz CT molecular complexity index is 616. The van der Waals surface area contributed by atoms with E-state index in [0.717, 1.165) is 37.1 Å². The van der Waals surface area contributed by atoms with Crippen molar-refractivity contribution < 1.29 is 0 Å². The van der Waals surface area contributed by atoms with Crippen molar-refractivity contribution in [3.05, 3.63) is 23.8 Å². The highest BCUT2D eigenvalue weighted by Crippen LogP contribution is 2.28. The molecule has 1 atom stereocenters. The summed E-state index contributed by atoms with van der Waals surface area (Å²) in [5, 5.41) is 8.24. The van der Waals surface area contributed by atoms with E-state index in [1.54, 1.807) is 0 Å². The van der Waals surface area contributed by atoms with Crippen molar-refractivity contribution in [3.8, 4) is 0 Å². The zero-order chi connectivity index (χ0) is 14.3. The van der Waals surface area contributed by atoms with Gasteiger partial charge < -0.3 is 5.73 Å². The van der Waals surface area contributed by atoms with Crippen LogP contribution in [-0.4, -0.2) is 39.0 Å². The van der Waals surface area contributed by atoms with E-state index >= 15 is 0 Å². The van der Waals surface area contributed by atoms with Crippen molar-refractivity contribution in [2.75, 3.05) is 13.1 Å². The fraction of sp³-hybridized carbons (Fsp3) is 0.600. The van der Waals surface area contributed by atoms with Crippen molar-refractivity contribution in [3.63, 3.8) is 0 Å². The summed E-state index contributed by atoms with van der Waals surface area (Å²) in [6, 6.07) is 6.73. The lowest BCUT2D eigenvalue weighted by Gasteiger charge is -2.42. The van der Waals surface area contributed by atoms with Crippen LogP contribution < -0.4 is 5.73 Å². The van der Waals surface area contributed by atoms with Gasteiger partial charge in [0.1, 0.15) is 5.52 Å². The number of piperidine rings is 1. The second-order valence-electron chi connectivity index (χ2n) is 6.63. The van der Waals surface area contributed by atoms with E-state index in [9.17, 15) is 0 Å². The van der Waals surface area contributed by atoms with Crippen LogP contribution >= 0.6 is 0 Å². The van der Waals surface area contributed by atoms with E-state index < -0.39 is 0 Å². The summed E-state index contributed by atoms with van der Waals surface area (Å²) < 4.78 is 1.81. The zero-order valence-electron chi connectivity index (χ0n) is 12.5. The van der Waals surface area contributed by atoms with Gasteiger partial charge in [0.05, 0.1) is 5.52 Å². The zero-order valence-corrected chi connectivity index (χ0v) is 12.5. The maximum atomic E-state index is 6.20. The summed E-state index contributed by atoms with van der Waals surface area (Å²) in [5.74, 6) is 0. The van der Waals surface area contributed by atoms with E-state index in [2.05, 4.69) is 47.3 Å². The van der Waals surface area contributed by atoms with E-state index in [-0.39, 0.29) is 5.41 Å². The van der Waals surface area contributed by atoms with Gasteiger partial charge in [0.15, 0.2) is 0 Å². The summed E-state index contributed by atoms with van der Waals surface area (Å²) >= 11 is 0. The summed E-state index contributed by atoms with van der Waals surface area (Å²) in [6.45, 7) is 7.60. The first kappa shape index (κ1) is 13.5. The third kappa shape index (κ3) is 2.43. The number of aromatic nitrogens is 3. The highest BCUT2D eigenvalue weighted by molar-refractivity contribution is 5.74. The number of rotatable bonds is 2. The molecule has 1 aliphatic heterocycles. The van der Waals surface area contributed by atoms with Crippen LogP contribution in [0.3, 0.4) is 0 Å². The molecule has 0 bridgehead atoms. The van der Waals surface area contributed by atoms with Gasteiger partial charge in [-0.15, -0.1) is 5.10 Å². The molecule has 1 fully saturated rings. The molecule has 1 saturated heterocycles. The predicted molar refractivity (Wildman–Crippen MR) is 80.2 cm³/mol. The summed E-state index contributed by atoms with van der Waals surface area (Å²) in [4.78, 5) is 2.49. The Kier molecular flexibility index (Phi) is 3.26. The number of hydrogen-bond donors (Lipinski definition) is 1. The second kappa shape index (κ2) is 4.82. The first-order valence-electron chi connectivity index (χ1n) is 7.22. The van der Waals surface area contributed by atoms with Crippen molar-refractivity contribution in [1.82, 2.24) is 19.9 Å². The van der Waals surface area contributed by atoms with Crippen molar-refractivity contribution in [2.45, 2.75) is 32.9 Å². The lowest BCUT2D eigenvalue weighted by molar-refractivity contribution is 0.0899. The molecule has 5 heteroatoms. The average molecular weight is 273 g/mol. The Morgan fingerprint density at radius 1 is 1.40 bits per heavy atom. The van der Waals surface area contributed by atoms with Gasteiger partial charge in [-0.25, -0.2) is 4.68 Å². The molecular formula is C15H23N5. The van der Waals surface area contributed by atoms with Gasteiger partial charge in [-0.1, -0.05) is 25.1 Å². The first-order valence-corrected chi connectivity index (χ1v) is 7.22. The van der Waals surface area contributed by atoms with E-state index in [1.807, 2.05) is 11.7 Å². The highest BCUT2D eigenvalue weighted by Gasteiger charge is 2.33. The maximum absolute atomic E-state index is 6.20. The molecule has 1 unspecified atom stereocenters. The molecule has 5 nitrogen and oxygen atoms in total. The number of nitrogens with zero attached hydrogens (tertiary/aromatic N) is 4. The molecular weight excluding hydrogens is 250 g/mol. The minimum absolute atomic E-state index is 0.189. The van der Waals surface area contributed by atoms with Crippen LogP contribution in [-0.2, 0) is 13.6 Å². The molecule has 0 amide bonds. The van der Waals surface area contributed by atoms with Crippen LogP contribution in [0.5, 0.6) is 0 Å². The van der Waals surface area contributed by atoms with Crippen LogP contribution in [0, 0.1) is 5.41 Å². The molecule has 3 rings (SSSR count). The molecule has 108 valence electrons. The topological polar surface area (TPSA) is 60.0 Å². The third-order valence-electron chi connectivity index (χ3n) is 4.47. The Morgan fingerprint density at radius 3 is 2.95 bits per heavy atom.